The van der Waals surface area contributed by atoms with Gasteiger partial charge >= 0.3 is 0 Å². The first kappa shape index (κ1) is 7.86. The fourth-order valence-corrected chi connectivity index (χ4v) is 1.16. The van der Waals surface area contributed by atoms with E-state index in [1.54, 1.807) is 18.5 Å². The minimum Gasteiger partial charge on any atom is -0.294 e. The van der Waals surface area contributed by atoms with Gasteiger partial charge in [0.2, 0.25) is 0 Å². The molecule has 0 aliphatic carbocycles. The molecule has 2 heterocycles. The first-order valence-electron chi connectivity index (χ1n) is 3.99. The third-order valence-electron chi connectivity index (χ3n) is 1.86. The highest BCUT2D eigenvalue weighted by molar-refractivity contribution is 5.96. The smallest absolute Gasteiger partial charge is 0.161 e. The van der Waals surface area contributed by atoms with E-state index in [9.17, 15) is 4.79 Å². The van der Waals surface area contributed by atoms with E-state index in [0.29, 0.717) is 11.2 Å². The molecular formula is C10H8N2O. The normalized spacial score (nSPS) is 10.2. The molecule has 0 saturated carbocycles. The van der Waals surface area contributed by atoms with Gasteiger partial charge in [-0.25, -0.2) is 9.97 Å². The van der Waals surface area contributed by atoms with E-state index in [2.05, 4.69) is 9.97 Å². The van der Waals surface area contributed by atoms with Crippen LogP contribution < -0.4 is 0 Å². The average Bonchev–Trinajstić information content (AvgIpc) is 2.17. The second-order valence-electron chi connectivity index (χ2n) is 2.83. The number of fused-ring (bicyclic) bond motifs is 1. The molecule has 0 spiro atoms. The van der Waals surface area contributed by atoms with Crippen LogP contribution >= 0.6 is 0 Å². The van der Waals surface area contributed by atoms with Crippen LogP contribution in [0.15, 0.2) is 30.6 Å². The van der Waals surface area contributed by atoms with E-state index in [1.165, 1.54) is 6.92 Å². The van der Waals surface area contributed by atoms with Crippen LogP contribution in [0.2, 0.25) is 0 Å². The molecule has 0 aliphatic rings. The van der Waals surface area contributed by atoms with Crippen LogP contribution in [0.3, 0.4) is 0 Å². The van der Waals surface area contributed by atoms with E-state index >= 15 is 0 Å². The number of nitrogens with zero attached hydrogens (tertiary/aromatic N) is 2. The Morgan fingerprint density at radius 1 is 1.38 bits per heavy atom. The second-order valence-corrected chi connectivity index (χ2v) is 2.83. The summed E-state index contributed by atoms with van der Waals surface area (Å²) in [6.07, 6.45) is 3.24. The molecule has 0 aromatic carbocycles. The van der Waals surface area contributed by atoms with Gasteiger partial charge in [0.1, 0.15) is 0 Å². The number of hydrogen-bond donors (Lipinski definition) is 0. The van der Waals surface area contributed by atoms with Gasteiger partial charge < -0.3 is 0 Å². The quantitative estimate of drug-likeness (QED) is 0.616. The predicted molar refractivity (Wildman–Crippen MR) is 49.5 cm³/mol. The summed E-state index contributed by atoms with van der Waals surface area (Å²) in [6, 6.07) is 5.52. The lowest BCUT2D eigenvalue weighted by Gasteiger charge is -1.97. The van der Waals surface area contributed by atoms with Gasteiger partial charge in [0.05, 0.1) is 0 Å². The number of Topliss-reactive ketones (excluding diaryl/α,β-unsaturated/α-hetero) is 1. The Kier molecular flexibility index (Phi) is 1.77. The van der Waals surface area contributed by atoms with Gasteiger partial charge in [0, 0.05) is 23.3 Å². The maximum atomic E-state index is 11.0. The summed E-state index contributed by atoms with van der Waals surface area (Å²) in [4.78, 5) is 19.2. The summed E-state index contributed by atoms with van der Waals surface area (Å²) >= 11 is 0. The van der Waals surface area contributed by atoms with Crippen LogP contribution in [-0.2, 0) is 0 Å². The molecule has 3 heteroatoms. The Morgan fingerprint density at radius 2 is 2.23 bits per heavy atom. The zero-order valence-electron chi connectivity index (χ0n) is 7.19. The van der Waals surface area contributed by atoms with E-state index < -0.39 is 0 Å². The summed E-state index contributed by atoms with van der Waals surface area (Å²) in [7, 11) is 0. The molecule has 0 N–H and O–H groups in total. The van der Waals surface area contributed by atoms with Crippen molar-refractivity contribution < 1.29 is 4.79 Å². The van der Waals surface area contributed by atoms with Crippen molar-refractivity contribution in [1.29, 1.82) is 0 Å². The number of aromatic nitrogens is 2. The maximum Gasteiger partial charge on any atom is 0.161 e. The Labute approximate surface area is 75.4 Å². The Hall–Kier alpha value is -1.77. The molecule has 13 heavy (non-hydrogen) atoms. The van der Waals surface area contributed by atoms with Gasteiger partial charge in [-0.15, -0.1) is 0 Å². The SMILES string of the molecule is CC(=O)c1cnc2ncccc2c1. The second kappa shape index (κ2) is 2.94. The first-order chi connectivity index (χ1) is 6.27. The molecule has 2 rings (SSSR count). The zero-order valence-corrected chi connectivity index (χ0v) is 7.19. The van der Waals surface area contributed by atoms with Crippen molar-refractivity contribution in [2.24, 2.45) is 0 Å². The summed E-state index contributed by atoms with van der Waals surface area (Å²) in [5.74, 6) is 0.0262. The monoisotopic (exact) mass is 172 g/mol. The maximum absolute atomic E-state index is 11.0. The molecule has 0 aliphatic heterocycles. The fourth-order valence-electron chi connectivity index (χ4n) is 1.16. The number of hydrogen-bond acceptors (Lipinski definition) is 3. The summed E-state index contributed by atoms with van der Waals surface area (Å²) in [5, 5.41) is 0.898. The topological polar surface area (TPSA) is 42.9 Å². The molecule has 2 aromatic rings. The van der Waals surface area contributed by atoms with Crippen LogP contribution in [0.25, 0.3) is 11.0 Å². The predicted octanol–water partition coefficient (Wildman–Crippen LogP) is 1.83. The van der Waals surface area contributed by atoms with Gasteiger partial charge in [0.15, 0.2) is 11.4 Å². The highest BCUT2D eigenvalue weighted by atomic mass is 16.1. The van der Waals surface area contributed by atoms with Gasteiger partial charge in [0.25, 0.3) is 0 Å². The Morgan fingerprint density at radius 3 is 3.00 bits per heavy atom. The van der Waals surface area contributed by atoms with Crippen molar-refractivity contribution in [2.45, 2.75) is 6.92 Å². The molecule has 2 aromatic heterocycles. The number of rotatable bonds is 1. The van der Waals surface area contributed by atoms with E-state index in [4.69, 9.17) is 0 Å². The largest absolute Gasteiger partial charge is 0.294 e. The highest BCUT2D eigenvalue weighted by Gasteiger charge is 2.01. The Balaban J connectivity index is 2.69. The molecule has 0 radical (unpaired) electrons. The van der Waals surface area contributed by atoms with E-state index in [-0.39, 0.29) is 5.78 Å². The molecule has 0 saturated heterocycles. The lowest BCUT2D eigenvalue weighted by atomic mass is 10.1. The minimum atomic E-state index is 0.0262. The van der Waals surface area contributed by atoms with Gasteiger partial charge in [-0.2, -0.15) is 0 Å². The molecule has 0 atom stereocenters. The van der Waals surface area contributed by atoms with E-state index in [1.807, 2.05) is 12.1 Å². The number of carbonyl (C=O) groups excluding carboxylic acids is 1. The zero-order chi connectivity index (χ0) is 9.26. The van der Waals surface area contributed by atoms with Crippen molar-refractivity contribution in [1.82, 2.24) is 9.97 Å². The third kappa shape index (κ3) is 1.40. The molecule has 0 fully saturated rings. The minimum absolute atomic E-state index is 0.0262. The Bertz CT molecular complexity index is 465. The molecule has 64 valence electrons. The average molecular weight is 172 g/mol. The van der Waals surface area contributed by atoms with E-state index in [0.717, 1.165) is 5.39 Å². The molecule has 3 nitrogen and oxygen atoms in total. The lowest BCUT2D eigenvalue weighted by Crippen LogP contribution is -1.93. The van der Waals surface area contributed by atoms with Gasteiger partial charge in [-0.1, -0.05) is 0 Å². The molecule has 0 bridgehead atoms. The highest BCUT2D eigenvalue weighted by Crippen LogP contribution is 2.10. The number of ketones is 1. The summed E-state index contributed by atoms with van der Waals surface area (Å²) in [5.41, 5.74) is 1.30. The number of carbonyl (C=O) groups is 1. The van der Waals surface area contributed by atoms with Crippen LogP contribution in [0.4, 0.5) is 0 Å². The fraction of sp³-hybridized carbons (Fsp3) is 0.100. The molecule has 0 unspecified atom stereocenters. The van der Waals surface area contributed by atoms with Crippen molar-refractivity contribution in [3.8, 4) is 0 Å². The van der Waals surface area contributed by atoms with Gasteiger partial charge in [-0.05, 0) is 25.1 Å². The van der Waals surface area contributed by atoms with Crippen molar-refractivity contribution in [3.63, 3.8) is 0 Å². The van der Waals surface area contributed by atoms with Crippen molar-refractivity contribution >= 4 is 16.8 Å². The number of pyridine rings is 2. The van der Waals surface area contributed by atoms with Gasteiger partial charge in [-0.3, -0.25) is 4.79 Å². The summed E-state index contributed by atoms with van der Waals surface area (Å²) < 4.78 is 0. The third-order valence-corrected chi connectivity index (χ3v) is 1.86. The van der Waals surface area contributed by atoms with Crippen molar-refractivity contribution in [2.75, 3.05) is 0 Å². The van der Waals surface area contributed by atoms with Crippen molar-refractivity contribution in [3.05, 3.63) is 36.2 Å². The standard InChI is InChI=1S/C10H8N2O/c1-7(13)9-5-8-3-2-4-11-10(8)12-6-9/h2-6H,1H3. The van der Waals surface area contributed by atoms with Crippen LogP contribution in [0, 0.1) is 0 Å². The first-order valence-corrected chi connectivity index (χ1v) is 3.99. The lowest BCUT2D eigenvalue weighted by molar-refractivity contribution is 0.101. The molecular weight excluding hydrogens is 164 g/mol. The molecule has 0 amide bonds. The van der Waals surface area contributed by atoms with Crippen LogP contribution in [0.1, 0.15) is 17.3 Å². The summed E-state index contributed by atoms with van der Waals surface area (Å²) in [6.45, 7) is 1.53. The van der Waals surface area contributed by atoms with Crippen LogP contribution in [0.5, 0.6) is 0 Å². The van der Waals surface area contributed by atoms with Crippen LogP contribution in [-0.4, -0.2) is 15.8 Å².